The molecule has 0 unspecified atom stereocenters. The molecule has 0 saturated carbocycles. The molecule has 0 radical (unpaired) electrons. The van der Waals surface area contributed by atoms with Gasteiger partial charge in [0.1, 0.15) is 24.4 Å². The summed E-state index contributed by atoms with van der Waals surface area (Å²) in [6.07, 6.45) is -0.532. The van der Waals surface area contributed by atoms with E-state index in [2.05, 4.69) is 26.6 Å². The van der Waals surface area contributed by atoms with E-state index in [-0.39, 0.29) is 24.1 Å². The molecule has 0 aliphatic heterocycles. The smallest absolute Gasteiger partial charge is 0.408 e. The normalized spacial score (nSPS) is 11.6. The maximum atomic E-state index is 13.1. The summed E-state index contributed by atoms with van der Waals surface area (Å²) in [5.41, 5.74) is 2.32. The number of hydrogen-bond donors (Lipinski definition) is 3. The molecule has 3 aromatic rings. The molecule has 3 rings (SSSR count). The van der Waals surface area contributed by atoms with Crippen LogP contribution in [-0.2, 0) is 38.6 Å². The first-order chi connectivity index (χ1) is 18.7. The van der Waals surface area contributed by atoms with Crippen LogP contribution in [0.25, 0.3) is 0 Å². The number of carbonyl (C=O) groups is 4. The number of rotatable bonds is 11. The summed E-state index contributed by atoms with van der Waals surface area (Å²) in [5, 5.41) is 14.8. The number of nitrogens with one attached hydrogen (secondary N) is 2. The van der Waals surface area contributed by atoms with Gasteiger partial charge in [0.05, 0.1) is 7.11 Å². The Hall–Kier alpha value is -4.18. The van der Waals surface area contributed by atoms with E-state index in [1.165, 1.54) is 6.92 Å². The Labute approximate surface area is 235 Å². The van der Waals surface area contributed by atoms with Crippen LogP contribution >= 0.6 is 15.9 Å². The van der Waals surface area contributed by atoms with Gasteiger partial charge in [0.2, 0.25) is 5.91 Å². The van der Waals surface area contributed by atoms with E-state index >= 15 is 0 Å². The summed E-state index contributed by atoms with van der Waals surface area (Å²) in [6, 6.07) is 23.0. The zero-order valence-corrected chi connectivity index (χ0v) is 23.2. The van der Waals surface area contributed by atoms with Gasteiger partial charge in [0.15, 0.2) is 4.69 Å². The molecule has 39 heavy (non-hydrogen) atoms. The molecule has 9 nitrogen and oxygen atoms in total. The topological polar surface area (TPSA) is 131 Å². The lowest BCUT2D eigenvalue weighted by molar-refractivity contribution is -0.142. The highest BCUT2D eigenvalue weighted by atomic mass is 79.9. The summed E-state index contributed by atoms with van der Waals surface area (Å²) in [4.78, 5) is 46.8. The van der Waals surface area contributed by atoms with Crippen molar-refractivity contribution >= 4 is 38.6 Å². The summed E-state index contributed by atoms with van der Waals surface area (Å²) >= 11 is 2.63. The van der Waals surface area contributed by atoms with Crippen LogP contribution in [0.5, 0.6) is 5.75 Å². The van der Waals surface area contributed by atoms with Gasteiger partial charge in [0.25, 0.3) is 0 Å². The SMILES string of the molecule is CC(=O)Br.COc1ccc(C[C@H](NC(=O)[C@H](Cc2ccccc2)NC(=O)OCc2ccccc2)C(=O)O)cc1. The second-order valence-corrected chi connectivity index (χ2v) is 9.49. The molecule has 0 heterocycles. The van der Waals surface area contributed by atoms with Crippen molar-refractivity contribution in [3.8, 4) is 5.75 Å². The summed E-state index contributed by atoms with van der Waals surface area (Å²) in [7, 11) is 1.54. The van der Waals surface area contributed by atoms with E-state index in [0.29, 0.717) is 11.3 Å². The van der Waals surface area contributed by atoms with E-state index in [1.807, 2.05) is 60.7 Å². The van der Waals surface area contributed by atoms with Gasteiger partial charge in [-0.15, -0.1) is 0 Å². The van der Waals surface area contributed by atoms with E-state index in [9.17, 15) is 24.3 Å². The third-order valence-electron chi connectivity index (χ3n) is 5.32. The first-order valence-electron chi connectivity index (χ1n) is 12.0. The van der Waals surface area contributed by atoms with Crippen molar-refractivity contribution in [1.82, 2.24) is 10.6 Å². The van der Waals surface area contributed by atoms with Crippen molar-refractivity contribution in [1.29, 1.82) is 0 Å². The maximum absolute atomic E-state index is 13.1. The van der Waals surface area contributed by atoms with Crippen molar-refractivity contribution in [3.63, 3.8) is 0 Å². The zero-order valence-electron chi connectivity index (χ0n) is 21.6. The first kappa shape index (κ1) is 31.0. The third kappa shape index (κ3) is 12.3. The van der Waals surface area contributed by atoms with Crippen LogP contribution in [-0.4, -0.2) is 47.0 Å². The Morgan fingerprint density at radius 1 is 0.769 bits per heavy atom. The molecule has 0 aromatic heterocycles. The minimum absolute atomic E-state index is 0.0208. The number of halogens is 1. The standard InChI is InChI=1S/C27H28N2O6.C2H3BrO/c1-34-22-14-12-20(13-15-22)17-24(26(31)32)28-25(30)23(16-19-8-4-2-5-9-19)29-27(33)35-18-21-10-6-3-7-11-21;1-2(3)4/h2-15,23-24H,16-18H2,1H3,(H,28,30)(H,29,33)(H,31,32);1H3/t23-,24-;/m0./s1. The summed E-state index contributed by atoms with van der Waals surface area (Å²) < 4.78 is 10.4. The van der Waals surface area contributed by atoms with Crippen LogP contribution in [0.4, 0.5) is 4.79 Å². The van der Waals surface area contributed by atoms with E-state index in [4.69, 9.17) is 9.47 Å². The van der Waals surface area contributed by atoms with Gasteiger partial charge in [-0.3, -0.25) is 9.59 Å². The number of carboxylic acid groups (broad SMARTS) is 1. The van der Waals surface area contributed by atoms with Gasteiger partial charge in [0, 0.05) is 19.8 Å². The molecule has 10 heteroatoms. The van der Waals surface area contributed by atoms with Crippen LogP contribution in [0, 0.1) is 0 Å². The Kier molecular flexibility index (Phi) is 13.2. The Balaban J connectivity index is 0.00000124. The molecule has 0 spiro atoms. The summed E-state index contributed by atoms with van der Waals surface area (Å²) in [5.74, 6) is -1.16. The fourth-order valence-electron chi connectivity index (χ4n) is 3.44. The van der Waals surface area contributed by atoms with Gasteiger partial charge in [-0.2, -0.15) is 0 Å². The molecule has 3 aromatic carbocycles. The Morgan fingerprint density at radius 2 is 1.26 bits per heavy atom. The lowest BCUT2D eigenvalue weighted by atomic mass is 10.0. The fourth-order valence-corrected chi connectivity index (χ4v) is 3.44. The molecule has 0 fully saturated rings. The second kappa shape index (κ2) is 16.6. The average molecular weight is 599 g/mol. The molecule has 206 valence electrons. The maximum Gasteiger partial charge on any atom is 0.408 e. The number of amides is 2. The minimum Gasteiger partial charge on any atom is -0.497 e. The van der Waals surface area contributed by atoms with Crippen LogP contribution in [0.15, 0.2) is 84.9 Å². The monoisotopic (exact) mass is 598 g/mol. The van der Waals surface area contributed by atoms with E-state index in [1.54, 1.807) is 31.4 Å². The van der Waals surface area contributed by atoms with E-state index < -0.39 is 30.1 Å². The van der Waals surface area contributed by atoms with Crippen molar-refractivity contribution in [2.45, 2.75) is 38.5 Å². The van der Waals surface area contributed by atoms with Gasteiger partial charge < -0.3 is 25.2 Å². The van der Waals surface area contributed by atoms with Gasteiger partial charge >= 0.3 is 12.1 Å². The molecule has 2 amide bonds. The van der Waals surface area contributed by atoms with Crippen LogP contribution in [0.2, 0.25) is 0 Å². The number of ether oxygens (including phenoxy) is 2. The molecule has 0 saturated heterocycles. The second-order valence-electron chi connectivity index (χ2n) is 8.37. The molecular weight excluding hydrogens is 568 g/mol. The number of alkyl carbamates (subject to hydrolysis) is 1. The highest BCUT2D eigenvalue weighted by Crippen LogP contribution is 2.13. The van der Waals surface area contributed by atoms with Crippen LogP contribution in [0.1, 0.15) is 23.6 Å². The number of aliphatic carboxylic acids is 1. The number of carboxylic acids is 1. The van der Waals surface area contributed by atoms with Crippen molar-refractivity contribution in [3.05, 3.63) is 102 Å². The first-order valence-corrected chi connectivity index (χ1v) is 12.8. The minimum atomic E-state index is -1.18. The third-order valence-corrected chi connectivity index (χ3v) is 5.32. The van der Waals surface area contributed by atoms with Crippen LogP contribution in [0.3, 0.4) is 0 Å². The van der Waals surface area contributed by atoms with Crippen molar-refractivity contribution < 1.29 is 33.8 Å². The number of methoxy groups -OCH3 is 1. The number of benzene rings is 3. The lowest BCUT2D eigenvalue weighted by Crippen LogP contribution is -2.53. The molecule has 0 bridgehead atoms. The largest absolute Gasteiger partial charge is 0.497 e. The highest BCUT2D eigenvalue weighted by molar-refractivity contribution is 9.18. The van der Waals surface area contributed by atoms with Crippen LogP contribution < -0.4 is 15.4 Å². The predicted octanol–water partition coefficient (Wildman–Crippen LogP) is 4.27. The van der Waals surface area contributed by atoms with Crippen molar-refractivity contribution in [2.75, 3.05) is 7.11 Å². The van der Waals surface area contributed by atoms with Gasteiger partial charge in [-0.05, 0) is 44.8 Å². The fraction of sp³-hybridized carbons (Fsp3) is 0.241. The van der Waals surface area contributed by atoms with E-state index in [0.717, 1.165) is 11.1 Å². The lowest BCUT2D eigenvalue weighted by Gasteiger charge is -2.21. The Morgan fingerprint density at radius 3 is 1.77 bits per heavy atom. The average Bonchev–Trinajstić information content (AvgIpc) is 2.92. The molecule has 3 N–H and O–H groups in total. The highest BCUT2D eigenvalue weighted by Gasteiger charge is 2.27. The molecule has 2 atom stereocenters. The number of hydrogen-bond acceptors (Lipinski definition) is 6. The molecule has 0 aliphatic rings. The predicted molar refractivity (Wildman–Crippen MR) is 150 cm³/mol. The molecular formula is C29H31BrN2O7. The van der Waals surface area contributed by atoms with Gasteiger partial charge in [-0.1, -0.05) is 72.8 Å². The number of carbonyl (C=O) groups excluding carboxylic acids is 3. The van der Waals surface area contributed by atoms with Gasteiger partial charge in [-0.25, -0.2) is 9.59 Å². The quantitative estimate of drug-likeness (QED) is 0.281. The Bertz CT molecular complexity index is 1200. The summed E-state index contributed by atoms with van der Waals surface area (Å²) in [6.45, 7) is 1.49. The zero-order chi connectivity index (χ0) is 28.6. The van der Waals surface area contributed by atoms with Crippen molar-refractivity contribution in [2.24, 2.45) is 0 Å². The molecule has 0 aliphatic carbocycles.